The molecular formula is C41H64O13. The van der Waals surface area contributed by atoms with Gasteiger partial charge in [-0.05, 0) is 107 Å². The van der Waals surface area contributed by atoms with E-state index in [4.69, 9.17) is 28.4 Å². The summed E-state index contributed by atoms with van der Waals surface area (Å²) in [6.07, 6.45) is -4.86. The van der Waals surface area contributed by atoms with Gasteiger partial charge < -0.3 is 59.1 Å². The summed E-state index contributed by atoms with van der Waals surface area (Å²) in [5, 5.41) is 65.3. The molecule has 0 amide bonds. The zero-order valence-corrected chi connectivity index (χ0v) is 33.1. The Morgan fingerprint density at radius 2 is 1.48 bits per heavy atom. The summed E-state index contributed by atoms with van der Waals surface area (Å²) < 4.78 is 37.3. The van der Waals surface area contributed by atoms with Crippen molar-refractivity contribution < 1.29 is 63.9 Å². The average Bonchev–Trinajstić information content (AvgIpc) is 3.72. The summed E-state index contributed by atoms with van der Waals surface area (Å²) in [4.78, 5) is 14.4. The lowest BCUT2D eigenvalue weighted by atomic mass is 9.40. The van der Waals surface area contributed by atoms with E-state index in [2.05, 4.69) is 41.5 Å². The number of cyclic esters (lactones) is 1. The van der Waals surface area contributed by atoms with Crippen LogP contribution in [0.3, 0.4) is 0 Å². The molecule has 0 aromatic carbocycles. The number of aliphatic hydroxyl groups excluding tert-OH is 6. The number of rotatable bonds is 5. The summed E-state index contributed by atoms with van der Waals surface area (Å²) in [6, 6.07) is 0. The SMILES string of the molecule is CC1OC(OC2C(OC3CCC4(C)C5=CC(O)C67C(=O)OC(C)(C8CCC(C)(C)O8)C6CCC7(C)C5CCC4C3(C)C)OCC(O)C2O)C(O)C(O)C1O. The maximum atomic E-state index is 14.4. The molecule has 7 fully saturated rings. The number of allylic oxidation sites excluding steroid dienone is 1. The topological polar surface area (TPSA) is 194 Å². The Hall–Kier alpha value is -1.23. The number of carbonyl (C=O) groups is 1. The van der Waals surface area contributed by atoms with Gasteiger partial charge in [-0.1, -0.05) is 39.3 Å². The van der Waals surface area contributed by atoms with Gasteiger partial charge in [-0.3, -0.25) is 4.79 Å². The molecule has 0 aromatic heterocycles. The first-order chi connectivity index (χ1) is 25.1. The summed E-state index contributed by atoms with van der Waals surface area (Å²) in [6.45, 7) is 16.5. The summed E-state index contributed by atoms with van der Waals surface area (Å²) in [5.74, 6) is -0.191. The number of hydrogen-bond donors (Lipinski definition) is 6. The van der Waals surface area contributed by atoms with Crippen LogP contribution in [0.25, 0.3) is 0 Å². The molecule has 4 saturated heterocycles. The molecule has 4 heterocycles. The normalized spacial score (nSPS) is 56.3. The Balaban J connectivity index is 1.05. The third-order valence-electron chi connectivity index (χ3n) is 16.5. The largest absolute Gasteiger partial charge is 0.456 e. The average molecular weight is 765 g/mol. The van der Waals surface area contributed by atoms with E-state index >= 15 is 0 Å². The maximum absolute atomic E-state index is 14.4. The van der Waals surface area contributed by atoms with Gasteiger partial charge in [-0.25, -0.2) is 0 Å². The first kappa shape index (κ1) is 39.6. The smallest absolute Gasteiger partial charge is 0.316 e. The van der Waals surface area contributed by atoms with Crippen LogP contribution in [0.1, 0.15) is 107 Å². The lowest BCUT2D eigenvalue weighted by Gasteiger charge is -2.64. The molecule has 4 aliphatic heterocycles. The molecule has 13 nitrogen and oxygen atoms in total. The molecule has 0 aromatic rings. The van der Waals surface area contributed by atoms with Gasteiger partial charge in [0, 0.05) is 5.92 Å². The van der Waals surface area contributed by atoms with Crippen molar-refractivity contribution in [2.24, 2.45) is 39.4 Å². The first-order valence-electron chi connectivity index (χ1n) is 20.4. The highest BCUT2D eigenvalue weighted by Gasteiger charge is 2.80. The number of carbonyl (C=O) groups excluding carboxylic acids is 1. The summed E-state index contributed by atoms with van der Waals surface area (Å²) in [7, 11) is 0. The Morgan fingerprint density at radius 3 is 2.17 bits per heavy atom. The molecule has 8 rings (SSSR count). The van der Waals surface area contributed by atoms with Gasteiger partial charge in [0.2, 0.25) is 0 Å². The van der Waals surface area contributed by atoms with Crippen molar-refractivity contribution in [3.05, 3.63) is 11.6 Å². The van der Waals surface area contributed by atoms with E-state index in [-0.39, 0.29) is 53.6 Å². The first-order valence-corrected chi connectivity index (χ1v) is 20.4. The van der Waals surface area contributed by atoms with E-state index in [1.807, 2.05) is 13.0 Å². The molecule has 1 spiro atoms. The number of aliphatic hydroxyl groups is 6. The summed E-state index contributed by atoms with van der Waals surface area (Å²) in [5.41, 5.74) is -2.08. The van der Waals surface area contributed by atoms with Gasteiger partial charge in [0.15, 0.2) is 12.6 Å². The van der Waals surface area contributed by atoms with Crippen molar-refractivity contribution in [2.75, 3.05) is 6.61 Å². The molecule has 6 N–H and O–H groups in total. The number of hydrogen-bond acceptors (Lipinski definition) is 13. The Kier molecular flexibility index (Phi) is 9.45. The molecule has 0 bridgehead atoms. The summed E-state index contributed by atoms with van der Waals surface area (Å²) >= 11 is 0. The van der Waals surface area contributed by atoms with Crippen LogP contribution in [-0.4, -0.2) is 128 Å². The number of fused-ring (bicyclic) bond motifs is 4. The minimum atomic E-state index is -1.61. The van der Waals surface area contributed by atoms with E-state index < -0.39 is 83.3 Å². The molecule has 306 valence electrons. The fraction of sp³-hybridized carbons (Fsp3) is 0.927. The third kappa shape index (κ3) is 5.32. The highest BCUT2D eigenvalue weighted by molar-refractivity contribution is 5.84. The predicted octanol–water partition coefficient (Wildman–Crippen LogP) is 2.49. The van der Waals surface area contributed by atoms with Gasteiger partial charge in [-0.2, -0.15) is 0 Å². The van der Waals surface area contributed by atoms with E-state index in [0.29, 0.717) is 6.42 Å². The van der Waals surface area contributed by atoms with E-state index in [1.165, 1.54) is 12.5 Å². The van der Waals surface area contributed by atoms with Crippen molar-refractivity contribution in [3.8, 4) is 0 Å². The zero-order valence-electron chi connectivity index (χ0n) is 33.1. The second-order valence-electron chi connectivity index (χ2n) is 20.0. The highest BCUT2D eigenvalue weighted by Crippen LogP contribution is 2.76. The van der Waals surface area contributed by atoms with Crippen LogP contribution in [-0.2, 0) is 33.2 Å². The predicted molar refractivity (Wildman–Crippen MR) is 191 cm³/mol. The van der Waals surface area contributed by atoms with Crippen molar-refractivity contribution in [1.82, 2.24) is 0 Å². The molecular weight excluding hydrogens is 700 g/mol. The second-order valence-corrected chi connectivity index (χ2v) is 20.0. The zero-order chi connectivity index (χ0) is 39.1. The minimum Gasteiger partial charge on any atom is -0.456 e. The second kappa shape index (κ2) is 12.9. The molecule has 3 saturated carbocycles. The van der Waals surface area contributed by atoms with Crippen LogP contribution < -0.4 is 0 Å². The van der Waals surface area contributed by atoms with Crippen LogP contribution in [0.2, 0.25) is 0 Å². The highest BCUT2D eigenvalue weighted by atomic mass is 16.8. The molecule has 0 radical (unpaired) electrons. The van der Waals surface area contributed by atoms with Gasteiger partial charge in [0.05, 0.1) is 36.6 Å². The molecule has 13 heteroatoms. The molecule has 19 unspecified atom stereocenters. The number of esters is 1. The molecule has 54 heavy (non-hydrogen) atoms. The van der Waals surface area contributed by atoms with E-state index in [0.717, 1.165) is 44.9 Å². The van der Waals surface area contributed by atoms with E-state index in [9.17, 15) is 35.4 Å². The van der Waals surface area contributed by atoms with Crippen molar-refractivity contribution in [1.29, 1.82) is 0 Å². The molecule has 8 aliphatic rings. The van der Waals surface area contributed by atoms with Gasteiger partial charge >= 0.3 is 5.97 Å². The molecule has 4 aliphatic carbocycles. The Labute approximate surface area is 318 Å². The fourth-order valence-corrected chi connectivity index (χ4v) is 13.5. The van der Waals surface area contributed by atoms with Crippen LogP contribution in [0.15, 0.2) is 11.6 Å². The van der Waals surface area contributed by atoms with Gasteiger partial charge in [0.25, 0.3) is 0 Å². The standard InChI is InChI=1S/C41H64O13/c1-19-28(44)30(46)31(47)33(50-19)52-32-29(45)22(42)18-49-34(32)51-26-13-15-38(6)21-17-25(43)41-24(40(8,54-35(41)48)27-12-14-36(2,3)53-27)11-16-39(41,7)20(21)9-10-23(38)37(26,4)5/h17,19-20,22-34,42-47H,9-16,18H2,1-8H3. The van der Waals surface area contributed by atoms with Crippen LogP contribution >= 0.6 is 0 Å². The lowest BCUT2D eigenvalue weighted by molar-refractivity contribution is -0.363. The maximum Gasteiger partial charge on any atom is 0.316 e. The fourth-order valence-electron chi connectivity index (χ4n) is 13.5. The lowest BCUT2D eigenvalue weighted by Crippen LogP contribution is -2.64. The monoisotopic (exact) mass is 764 g/mol. The van der Waals surface area contributed by atoms with Crippen molar-refractivity contribution in [3.63, 3.8) is 0 Å². The Morgan fingerprint density at radius 1 is 0.759 bits per heavy atom. The minimum absolute atomic E-state index is 0.102. The third-order valence-corrected chi connectivity index (χ3v) is 16.5. The quantitative estimate of drug-likeness (QED) is 0.136. The van der Waals surface area contributed by atoms with Crippen LogP contribution in [0.4, 0.5) is 0 Å². The van der Waals surface area contributed by atoms with Crippen LogP contribution in [0.5, 0.6) is 0 Å². The van der Waals surface area contributed by atoms with Gasteiger partial charge in [0.1, 0.15) is 47.6 Å². The molecule has 19 atom stereocenters. The Bertz CT molecular complexity index is 1520. The number of ether oxygens (including phenoxy) is 6. The van der Waals surface area contributed by atoms with E-state index in [1.54, 1.807) is 0 Å². The van der Waals surface area contributed by atoms with Crippen molar-refractivity contribution in [2.45, 2.75) is 192 Å². The van der Waals surface area contributed by atoms with Crippen molar-refractivity contribution >= 4 is 5.97 Å². The van der Waals surface area contributed by atoms with Gasteiger partial charge in [-0.15, -0.1) is 0 Å². The van der Waals surface area contributed by atoms with Crippen LogP contribution in [0, 0.1) is 39.4 Å².